The average molecular weight is 409 g/mol. The van der Waals surface area contributed by atoms with E-state index in [0.717, 1.165) is 42.1 Å². The van der Waals surface area contributed by atoms with Crippen LogP contribution in [0.5, 0.6) is 0 Å². The molecule has 0 radical (unpaired) electrons. The highest BCUT2D eigenvalue weighted by Gasteiger charge is 2.22. The van der Waals surface area contributed by atoms with Gasteiger partial charge in [0.2, 0.25) is 0 Å². The molecule has 3 aromatic rings. The van der Waals surface area contributed by atoms with E-state index in [9.17, 15) is 9.18 Å². The lowest BCUT2D eigenvalue weighted by Crippen LogP contribution is -2.32. The van der Waals surface area contributed by atoms with Gasteiger partial charge in [0.1, 0.15) is 23.9 Å². The molecule has 0 aliphatic carbocycles. The second-order valence-corrected chi connectivity index (χ2v) is 7.48. The summed E-state index contributed by atoms with van der Waals surface area (Å²) >= 11 is 0. The number of rotatable bonds is 6. The van der Waals surface area contributed by atoms with Gasteiger partial charge in [-0.1, -0.05) is 12.1 Å². The number of aliphatic hydroxyl groups excluding tert-OH is 1. The molecular formula is C23H24FN3O3. The van der Waals surface area contributed by atoms with Gasteiger partial charge in [-0.05, 0) is 54.3 Å². The number of amides is 1. The molecule has 1 aliphatic rings. The number of hydrogen-bond acceptors (Lipinski definition) is 5. The van der Waals surface area contributed by atoms with Crippen molar-refractivity contribution in [2.75, 3.05) is 6.54 Å². The molecule has 0 spiro atoms. The lowest BCUT2D eigenvalue weighted by atomic mass is 9.94. The van der Waals surface area contributed by atoms with Crippen LogP contribution in [0, 0.1) is 12.7 Å². The third-order valence-electron chi connectivity index (χ3n) is 5.47. The Balaban J connectivity index is 1.46. The molecule has 0 saturated carbocycles. The zero-order valence-corrected chi connectivity index (χ0v) is 16.8. The van der Waals surface area contributed by atoms with Crippen LogP contribution in [0.2, 0.25) is 0 Å². The van der Waals surface area contributed by atoms with Crippen molar-refractivity contribution in [3.63, 3.8) is 0 Å². The highest BCUT2D eigenvalue weighted by molar-refractivity contribution is 5.94. The van der Waals surface area contributed by atoms with E-state index in [-0.39, 0.29) is 12.2 Å². The van der Waals surface area contributed by atoms with Gasteiger partial charge in [-0.15, -0.1) is 0 Å². The first kappa shape index (κ1) is 20.3. The van der Waals surface area contributed by atoms with Gasteiger partial charge in [0.15, 0.2) is 0 Å². The maximum absolute atomic E-state index is 13.9. The largest absolute Gasteiger partial charge is 0.462 e. The molecule has 4 rings (SSSR count). The van der Waals surface area contributed by atoms with Crippen molar-refractivity contribution >= 4 is 5.91 Å². The molecule has 7 heteroatoms. The van der Waals surface area contributed by atoms with Crippen LogP contribution in [-0.2, 0) is 32.7 Å². The van der Waals surface area contributed by atoms with Gasteiger partial charge in [0, 0.05) is 31.5 Å². The van der Waals surface area contributed by atoms with E-state index in [1.807, 2.05) is 19.2 Å². The number of aromatic nitrogens is 1. The fourth-order valence-corrected chi connectivity index (χ4v) is 3.87. The standard InChI is InChI=1S/C23H24FN3O3/c1-15-21(11-26-23(29)20-4-2-3-5-22(20)24)19-8-9-27(12-16(19)10-25-15)13-17-6-7-18(14-28)30-17/h2-7,10,28H,8-9,11-14H2,1H3,(H,26,29). The molecule has 2 N–H and O–H groups in total. The normalized spacial score (nSPS) is 13.8. The van der Waals surface area contributed by atoms with Crippen molar-refractivity contribution in [2.45, 2.75) is 39.6 Å². The molecule has 0 bridgehead atoms. The summed E-state index contributed by atoms with van der Waals surface area (Å²) in [5.74, 6) is 0.422. The Kier molecular flexibility index (Phi) is 5.92. The molecule has 6 nitrogen and oxygen atoms in total. The summed E-state index contributed by atoms with van der Waals surface area (Å²) in [5, 5.41) is 12.0. The van der Waals surface area contributed by atoms with Crippen molar-refractivity contribution in [2.24, 2.45) is 0 Å². The molecule has 2 aromatic heterocycles. The van der Waals surface area contributed by atoms with E-state index < -0.39 is 11.7 Å². The Labute approximate surface area is 174 Å². The molecular weight excluding hydrogens is 385 g/mol. The number of pyridine rings is 1. The number of nitrogens with zero attached hydrogens (tertiary/aromatic N) is 2. The molecule has 0 saturated heterocycles. The summed E-state index contributed by atoms with van der Waals surface area (Å²) in [6, 6.07) is 9.64. The second kappa shape index (κ2) is 8.77. The van der Waals surface area contributed by atoms with Crippen LogP contribution in [-0.4, -0.2) is 27.4 Å². The minimum absolute atomic E-state index is 0.0415. The van der Waals surface area contributed by atoms with E-state index in [1.54, 1.807) is 18.2 Å². The van der Waals surface area contributed by atoms with Crippen LogP contribution in [0.3, 0.4) is 0 Å². The smallest absolute Gasteiger partial charge is 0.254 e. The van der Waals surface area contributed by atoms with Crippen LogP contribution in [0.1, 0.15) is 44.3 Å². The summed E-state index contributed by atoms with van der Waals surface area (Å²) in [6.45, 7) is 4.37. The number of furan rings is 1. The van der Waals surface area contributed by atoms with E-state index >= 15 is 0 Å². The van der Waals surface area contributed by atoms with Gasteiger partial charge in [0.05, 0.1) is 12.1 Å². The SMILES string of the molecule is Cc1ncc2c(c1CNC(=O)c1ccccc1F)CCN(Cc1ccc(CO)o1)C2. The van der Waals surface area contributed by atoms with Gasteiger partial charge in [-0.25, -0.2) is 4.39 Å². The Morgan fingerprint density at radius 1 is 1.27 bits per heavy atom. The highest BCUT2D eigenvalue weighted by Crippen LogP contribution is 2.25. The molecule has 0 unspecified atom stereocenters. The number of aryl methyl sites for hydroxylation is 1. The lowest BCUT2D eigenvalue weighted by Gasteiger charge is -2.29. The van der Waals surface area contributed by atoms with Crippen LogP contribution in [0.15, 0.2) is 47.0 Å². The number of carbonyl (C=O) groups excluding carboxylic acids is 1. The van der Waals surface area contributed by atoms with Crippen molar-refractivity contribution in [1.82, 2.24) is 15.2 Å². The number of halogens is 1. The summed E-state index contributed by atoms with van der Waals surface area (Å²) in [6.07, 6.45) is 2.72. The molecule has 156 valence electrons. The van der Waals surface area contributed by atoms with Crippen molar-refractivity contribution < 1.29 is 18.7 Å². The van der Waals surface area contributed by atoms with Gasteiger partial charge in [-0.2, -0.15) is 0 Å². The maximum atomic E-state index is 13.9. The number of fused-ring (bicyclic) bond motifs is 1. The zero-order chi connectivity index (χ0) is 21.1. The van der Waals surface area contributed by atoms with Gasteiger partial charge in [0.25, 0.3) is 5.91 Å². The van der Waals surface area contributed by atoms with Crippen LogP contribution < -0.4 is 5.32 Å². The predicted molar refractivity (Wildman–Crippen MR) is 109 cm³/mol. The third-order valence-corrected chi connectivity index (χ3v) is 5.47. The van der Waals surface area contributed by atoms with E-state index in [2.05, 4.69) is 15.2 Å². The predicted octanol–water partition coefficient (Wildman–Crippen LogP) is 3.10. The van der Waals surface area contributed by atoms with E-state index in [4.69, 9.17) is 9.52 Å². The first-order valence-electron chi connectivity index (χ1n) is 9.95. The number of aliphatic hydroxyl groups is 1. The fraction of sp³-hybridized carbons (Fsp3) is 0.304. The first-order chi connectivity index (χ1) is 14.5. The molecule has 0 fully saturated rings. The molecule has 3 heterocycles. The summed E-state index contributed by atoms with van der Waals surface area (Å²) in [5.41, 5.74) is 4.23. The van der Waals surface area contributed by atoms with E-state index in [1.165, 1.54) is 17.7 Å². The zero-order valence-electron chi connectivity index (χ0n) is 16.8. The van der Waals surface area contributed by atoms with Crippen molar-refractivity contribution in [3.8, 4) is 0 Å². The quantitative estimate of drug-likeness (QED) is 0.654. The molecule has 1 amide bonds. The van der Waals surface area contributed by atoms with Gasteiger partial charge >= 0.3 is 0 Å². The molecule has 0 atom stereocenters. The average Bonchev–Trinajstić information content (AvgIpc) is 3.21. The monoisotopic (exact) mass is 409 g/mol. The Morgan fingerprint density at radius 3 is 2.83 bits per heavy atom. The van der Waals surface area contributed by atoms with Gasteiger partial charge in [-0.3, -0.25) is 14.7 Å². The van der Waals surface area contributed by atoms with Gasteiger partial charge < -0.3 is 14.8 Å². The van der Waals surface area contributed by atoms with Crippen LogP contribution >= 0.6 is 0 Å². The minimum atomic E-state index is -0.530. The highest BCUT2D eigenvalue weighted by atomic mass is 19.1. The Hall–Kier alpha value is -3.03. The minimum Gasteiger partial charge on any atom is -0.462 e. The number of benzene rings is 1. The van der Waals surface area contributed by atoms with Crippen molar-refractivity contribution in [3.05, 3.63) is 87.9 Å². The lowest BCUT2D eigenvalue weighted by molar-refractivity contribution is 0.0946. The topological polar surface area (TPSA) is 78.6 Å². The maximum Gasteiger partial charge on any atom is 0.254 e. The van der Waals surface area contributed by atoms with Crippen molar-refractivity contribution in [1.29, 1.82) is 0 Å². The fourth-order valence-electron chi connectivity index (χ4n) is 3.87. The summed E-state index contributed by atoms with van der Waals surface area (Å²) in [4.78, 5) is 19.2. The number of carbonyl (C=O) groups is 1. The Morgan fingerprint density at radius 2 is 2.07 bits per heavy atom. The molecule has 30 heavy (non-hydrogen) atoms. The molecule has 1 aliphatic heterocycles. The summed E-state index contributed by atoms with van der Waals surface area (Å²) in [7, 11) is 0. The van der Waals surface area contributed by atoms with Crippen LogP contribution in [0.4, 0.5) is 4.39 Å². The summed E-state index contributed by atoms with van der Waals surface area (Å²) < 4.78 is 19.5. The van der Waals surface area contributed by atoms with Crippen LogP contribution in [0.25, 0.3) is 0 Å². The Bertz CT molecular complexity index is 1060. The third kappa shape index (κ3) is 4.27. The second-order valence-electron chi connectivity index (χ2n) is 7.48. The van der Waals surface area contributed by atoms with E-state index in [0.29, 0.717) is 18.8 Å². The first-order valence-corrected chi connectivity index (χ1v) is 9.95. The number of nitrogens with one attached hydrogen (secondary N) is 1. The number of hydrogen-bond donors (Lipinski definition) is 2. The molecule has 1 aromatic carbocycles.